The van der Waals surface area contributed by atoms with Crippen molar-refractivity contribution in [3.05, 3.63) is 0 Å². The average Bonchev–Trinajstić information content (AvgIpc) is 1.65. The second-order valence-electron chi connectivity index (χ2n) is 1.33. The van der Waals surface area contributed by atoms with E-state index < -0.39 is 6.16 Å². The van der Waals surface area contributed by atoms with Crippen molar-refractivity contribution < 1.29 is 14.6 Å². The molecule has 0 saturated carbocycles. The molecule has 0 amide bonds. The van der Waals surface area contributed by atoms with Crippen LogP contribution in [0.5, 0.6) is 0 Å². The summed E-state index contributed by atoms with van der Waals surface area (Å²) in [7, 11) is 0. The van der Waals surface area contributed by atoms with E-state index in [-0.39, 0.29) is 6.10 Å². The van der Waals surface area contributed by atoms with Gasteiger partial charge in [-0.05, 0) is 6.92 Å². The molecule has 0 bridgehead atoms. The highest BCUT2D eigenvalue weighted by atomic mass is 79.9. The number of alkyl halides is 1. The standard InChI is InChI=1S/C4H6BrO3/c1-3(2-5)8-4(6)7/h3H,2H2,1H3. The Morgan fingerprint density at radius 3 is 2.50 bits per heavy atom. The maximum absolute atomic E-state index is 9.61. The Balaban J connectivity index is 3.24. The highest BCUT2D eigenvalue weighted by Gasteiger charge is 2.05. The van der Waals surface area contributed by atoms with E-state index in [1.165, 1.54) is 0 Å². The van der Waals surface area contributed by atoms with Gasteiger partial charge in [0.2, 0.25) is 0 Å². The summed E-state index contributed by atoms with van der Waals surface area (Å²) in [4.78, 5) is 9.61. The molecule has 0 aliphatic rings. The van der Waals surface area contributed by atoms with Crippen LogP contribution in [0.3, 0.4) is 0 Å². The monoisotopic (exact) mass is 181 g/mol. The van der Waals surface area contributed by atoms with Crippen molar-refractivity contribution in [3.63, 3.8) is 0 Å². The van der Waals surface area contributed by atoms with Crippen molar-refractivity contribution in [2.45, 2.75) is 13.0 Å². The largest absolute Gasteiger partial charge is 0.550 e. The van der Waals surface area contributed by atoms with E-state index in [0.29, 0.717) is 5.33 Å². The van der Waals surface area contributed by atoms with Crippen LogP contribution in [0.25, 0.3) is 0 Å². The third-order valence-corrected chi connectivity index (χ3v) is 1.43. The molecule has 47 valence electrons. The third kappa shape index (κ3) is 3.92. The molecule has 0 aliphatic heterocycles. The SMILES string of the molecule is CC(CBr)OC([O])=O. The van der Waals surface area contributed by atoms with E-state index in [2.05, 4.69) is 20.7 Å². The first-order valence-electron chi connectivity index (χ1n) is 2.10. The van der Waals surface area contributed by atoms with E-state index in [4.69, 9.17) is 0 Å². The van der Waals surface area contributed by atoms with Crippen LogP contribution in [0, 0.1) is 0 Å². The molecule has 0 aliphatic carbocycles. The Labute approximate surface area is 55.8 Å². The molecule has 8 heavy (non-hydrogen) atoms. The molecule has 4 heteroatoms. The van der Waals surface area contributed by atoms with Gasteiger partial charge in [0, 0.05) is 5.33 Å². The van der Waals surface area contributed by atoms with E-state index >= 15 is 0 Å². The molecule has 0 spiro atoms. The molecule has 0 aromatic rings. The van der Waals surface area contributed by atoms with Gasteiger partial charge in [-0.25, -0.2) is 0 Å². The maximum Gasteiger partial charge on any atom is 0.550 e. The summed E-state index contributed by atoms with van der Waals surface area (Å²) >= 11 is 3.03. The van der Waals surface area contributed by atoms with Gasteiger partial charge in [-0.2, -0.15) is 9.90 Å². The number of carbonyl (C=O) groups is 1. The Hall–Kier alpha value is -0.250. The second-order valence-corrected chi connectivity index (χ2v) is 1.98. The highest BCUT2D eigenvalue weighted by molar-refractivity contribution is 9.09. The minimum absolute atomic E-state index is 0.319. The van der Waals surface area contributed by atoms with Crippen LogP contribution in [0.15, 0.2) is 0 Å². The summed E-state index contributed by atoms with van der Waals surface area (Å²) in [6.45, 7) is 1.63. The molecule has 0 aromatic carbocycles. The summed E-state index contributed by atoms with van der Waals surface area (Å²) in [6, 6.07) is 0. The number of ether oxygens (including phenoxy) is 1. The van der Waals surface area contributed by atoms with Gasteiger partial charge < -0.3 is 4.74 Å². The van der Waals surface area contributed by atoms with Gasteiger partial charge in [0.1, 0.15) is 6.10 Å². The van der Waals surface area contributed by atoms with Crippen LogP contribution >= 0.6 is 15.9 Å². The lowest BCUT2D eigenvalue weighted by Gasteiger charge is -2.02. The zero-order chi connectivity index (χ0) is 6.57. The van der Waals surface area contributed by atoms with Gasteiger partial charge in [-0.15, -0.1) is 0 Å². The minimum Gasteiger partial charge on any atom is -0.428 e. The molecule has 3 nitrogen and oxygen atoms in total. The zero-order valence-corrected chi connectivity index (χ0v) is 5.97. The lowest BCUT2D eigenvalue weighted by Crippen LogP contribution is -2.12. The van der Waals surface area contributed by atoms with Crippen molar-refractivity contribution in [1.82, 2.24) is 0 Å². The number of rotatable bonds is 2. The van der Waals surface area contributed by atoms with E-state index in [9.17, 15) is 9.90 Å². The fourth-order valence-corrected chi connectivity index (χ4v) is 0.328. The Morgan fingerprint density at radius 1 is 1.88 bits per heavy atom. The smallest absolute Gasteiger partial charge is 0.428 e. The van der Waals surface area contributed by atoms with Gasteiger partial charge in [0.25, 0.3) is 0 Å². The quantitative estimate of drug-likeness (QED) is 0.477. The molecule has 0 saturated heterocycles. The Bertz CT molecular complexity index is 83.4. The summed E-state index contributed by atoms with van der Waals surface area (Å²) < 4.78 is 4.16. The van der Waals surface area contributed by atoms with Gasteiger partial charge in [-0.1, -0.05) is 15.9 Å². The summed E-state index contributed by atoms with van der Waals surface area (Å²) in [6.07, 6.45) is -1.79. The van der Waals surface area contributed by atoms with Gasteiger partial charge in [0.05, 0.1) is 0 Å². The number of halogens is 1. The molecule has 1 unspecified atom stereocenters. The van der Waals surface area contributed by atoms with Crippen molar-refractivity contribution in [3.8, 4) is 0 Å². The third-order valence-electron chi connectivity index (χ3n) is 0.515. The topological polar surface area (TPSA) is 46.2 Å². The van der Waals surface area contributed by atoms with Crippen molar-refractivity contribution in [2.75, 3.05) is 5.33 Å². The molecule has 1 atom stereocenters. The Morgan fingerprint density at radius 2 is 2.38 bits per heavy atom. The normalized spacial score (nSPS) is 12.8. The molecule has 1 radical (unpaired) electrons. The van der Waals surface area contributed by atoms with Gasteiger partial charge in [-0.3, -0.25) is 0 Å². The van der Waals surface area contributed by atoms with E-state index in [1.807, 2.05) is 0 Å². The first-order valence-corrected chi connectivity index (χ1v) is 3.22. The van der Waals surface area contributed by atoms with Crippen LogP contribution in [-0.4, -0.2) is 17.6 Å². The van der Waals surface area contributed by atoms with Crippen LogP contribution in [0.4, 0.5) is 4.79 Å². The highest BCUT2D eigenvalue weighted by Crippen LogP contribution is 1.94. The molecule has 0 fully saturated rings. The van der Waals surface area contributed by atoms with E-state index in [0.717, 1.165) is 0 Å². The predicted octanol–water partition coefficient (Wildman–Crippen LogP) is 1.34. The van der Waals surface area contributed by atoms with Crippen molar-refractivity contribution >= 4 is 22.1 Å². The molecule has 0 heterocycles. The predicted molar refractivity (Wildman–Crippen MR) is 30.4 cm³/mol. The Kier molecular flexibility index (Phi) is 3.60. The fraction of sp³-hybridized carbons (Fsp3) is 0.750. The van der Waals surface area contributed by atoms with Crippen LogP contribution in [0.1, 0.15) is 6.92 Å². The second kappa shape index (κ2) is 3.72. The molecule has 0 rings (SSSR count). The first-order chi connectivity index (χ1) is 3.66. The van der Waals surface area contributed by atoms with Gasteiger partial charge >= 0.3 is 6.16 Å². The fourth-order valence-electron chi connectivity index (χ4n) is 0.196. The number of hydrogen-bond donors (Lipinski definition) is 0. The molecule has 0 N–H and O–H groups in total. The summed E-state index contributed by atoms with van der Waals surface area (Å²) in [5, 5.41) is 10.1. The zero-order valence-electron chi connectivity index (χ0n) is 4.39. The molecular weight excluding hydrogens is 176 g/mol. The van der Waals surface area contributed by atoms with Gasteiger partial charge in [0.15, 0.2) is 0 Å². The summed E-state index contributed by atoms with van der Waals surface area (Å²) in [5.41, 5.74) is 0. The van der Waals surface area contributed by atoms with Crippen molar-refractivity contribution in [1.29, 1.82) is 0 Å². The lowest BCUT2D eigenvalue weighted by atomic mass is 10.5. The molecular formula is C4H6BrO3. The lowest BCUT2D eigenvalue weighted by molar-refractivity contribution is 0.0465. The maximum atomic E-state index is 9.61. The van der Waals surface area contributed by atoms with Crippen molar-refractivity contribution in [2.24, 2.45) is 0 Å². The first kappa shape index (κ1) is 7.75. The van der Waals surface area contributed by atoms with Crippen LogP contribution < -0.4 is 0 Å². The number of hydrogen-bond acceptors (Lipinski definition) is 2. The molecule has 0 aromatic heterocycles. The van der Waals surface area contributed by atoms with Crippen LogP contribution in [0.2, 0.25) is 0 Å². The number of carbonyl (C=O) groups excluding carboxylic acids is 1. The minimum atomic E-state index is -1.48. The van der Waals surface area contributed by atoms with Crippen LogP contribution in [-0.2, 0) is 9.84 Å². The van der Waals surface area contributed by atoms with E-state index in [1.54, 1.807) is 6.92 Å². The summed E-state index contributed by atoms with van der Waals surface area (Å²) in [5.74, 6) is 0. The average molecular weight is 182 g/mol.